The summed E-state index contributed by atoms with van der Waals surface area (Å²) in [5.74, 6) is -0.872. The predicted octanol–water partition coefficient (Wildman–Crippen LogP) is -0.298. The largest absolute Gasteiger partial charge is 0.368 e. The standard InChI is InChI=1S/C9H9N2O2/c10-8(12)6-11-9(13)7-4-2-1-3-5-7/h2-5H,6H2,(H2,10,12)(H,11,13). The fourth-order valence-electron chi connectivity index (χ4n) is 0.808. The highest BCUT2D eigenvalue weighted by Gasteiger charge is 2.03. The lowest BCUT2D eigenvalue weighted by molar-refractivity contribution is -0.117. The molecule has 0 saturated heterocycles. The lowest BCUT2D eigenvalue weighted by atomic mass is 10.2. The zero-order valence-electron chi connectivity index (χ0n) is 6.91. The minimum Gasteiger partial charge on any atom is -0.368 e. The van der Waals surface area contributed by atoms with E-state index in [9.17, 15) is 9.59 Å². The Hall–Kier alpha value is -1.84. The summed E-state index contributed by atoms with van der Waals surface area (Å²) in [6.45, 7) is -0.141. The Kier molecular flexibility index (Phi) is 3.03. The smallest absolute Gasteiger partial charge is 0.251 e. The minimum atomic E-state index is -0.559. The molecule has 1 aromatic carbocycles. The normalized spacial score (nSPS) is 9.23. The van der Waals surface area contributed by atoms with Crippen LogP contribution in [0.5, 0.6) is 0 Å². The van der Waals surface area contributed by atoms with E-state index in [-0.39, 0.29) is 12.5 Å². The average Bonchev–Trinajstić information content (AvgIpc) is 2.15. The van der Waals surface area contributed by atoms with Gasteiger partial charge in [0.25, 0.3) is 5.91 Å². The summed E-state index contributed by atoms with van der Waals surface area (Å²) in [7, 11) is 0. The van der Waals surface area contributed by atoms with Crippen LogP contribution in [0.2, 0.25) is 0 Å². The van der Waals surface area contributed by atoms with Crippen LogP contribution in [0.25, 0.3) is 0 Å². The van der Waals surface area contributed by atoms with Gasteiger partial charge in [0, 0.05) is 5.56 Å². The SMILES string of the molecule is NC(=O)CNC(=O)c1cc[c]cc1. The zero-order valence-corrected chi connectivity index (χ0v) is 6.91. The Morgan fingerprint density at radius 1 is 1.38 bits per heavy atom. The molecule has 2 amide bonds. The van der Waals surface area contributed by atoms with Crippen molar-refractivity contribution >= 4 is 11.8 Å². The number of primary amides is 1. The molecule has 0 aromatic heterocycles. The van der Waals surface area contributed by atoms with E-state index in [0.29, 0.717) is 5.56 Å². The lowest BCUT2D eigenvalue weighted by Crippen LogP contribution is -2.33. The molecule has 4 heteroatoms. The third kappa shape index (κ3) is 2.94. The van der Waals surface area contributed by atoms with Crippen LogP contribution in [0.4, 0.5) is 0 Å². The molecular formula is C9H9N2O2. The van der Waals surface area contributed by atoms with Crippen LogP contribution >= 0.6 is 0 Å². The van der Waals surface area contributed by atoms with E-state index in [1.54, 1.807) is 24.3 Å². The maximum absolute atomic E-state index is 11.2. The van der Waals surface area contributed by atoms with Crippen molar-refractivity contribution in [1.29, 1.82) is 0 Å². The van der Waals surface area contributed by atoms with Crippen LogP contribution in [0.3, 0.4) is 0 Å². The maximum Gasteiger partial charge on any atom is 0.251 e. The van der Waals surface area contributed by atoms with Crippen molar-refractivity contribution in [3.05, 3.63) is 35.9 Å². The summed E-state index contributed by atoms with van der Waals surface area (Å²) < 4.78 is 0. The highest BCUT2D eigenvalue weighted by molar-refractivity contribution is 5.96. The molecule has 67 valence electrons. The first-order valence-corrected chi connectivity index (χ1v) is 3.73. The third-order valence-electron chi connectivity index (χ3n) is 1.40. The van der Waals surface area contributed by atoms with Crippen LogP contribution in [0.1, 0.15) is 10.4 Å². The summed E-state index contributed by atoms with van der Waals surface area (Å²) in [5.41, 5.74) is 5.35. The molecule has 0 aliphatic rings. The van der Waals surface area contributed by atoms with E-state index >= 15 is 0 Å². The first-order valence-electron chi connectivity index (χ1n) is 3.73. The molecule has 0 aliphatic heterocycles. The highest BCUT2D eigenvalue weighted by Crippen LogP contribution is 1.96. The molecule has 4 nitrogen and oxygen atoms in total. The van der Waals surface area contributed by atoms with Crippen LogP contribution in [-0.2, 0) is 4.79 Å². The number of rotatable bonds is 3. The second-order valence-corrected chi connectivity index (χ2v) is 2.44. The Balaban J connectivity index is 2.54. The number of carbonyl (C=O) groups is 2. The predicted molar refractivity (Wildman–Crippen MR) is 46.8 cm³/mol. The zero-order chi connectivity index (χ0) is 9.68. The summed E-state index contributed by atoms with van der Waals surface area (Å²) in [4.78, 5) is 21.6. The van der Waals surface area contributed by atoms with E-state index in [2.05, 4.69) is 11.4 Å². The van der Waals surface area contributed by atoms with Crippen molar-refractivity contribution in [2.24, 2.45) is 5.73 Å². The Morgan fingerprint density at radius 2 is 2.00 bits per heavy atom. The van der Waals surface area contributed by atoms with Gasteiger partial charge in [0.1, 0.15) is 0 Å². The Morgan fingerprint density at radius 3 is 2.54 bits per heavy atom. The fraction of sp³-hybridized carbons (Fsp3) is 0.111. The first-order chi connectivity index (χ1) is 6.20. The van der Waals surface area contributed by atoms with Gasteiger partial charge in [-0.2, -0.15) is 0 Å². The lowest BCUT2D eigenvalue weighted by Gasteiger charge is -2.01. The van der Waals surface area contributed by atoms with Gasteiger partial charge in [-0.05, 0) is 18.2 Å². The molecule has 0 unspecified atom stereocenters. The van der Waals surface area contributed by atoms with Crippen molar-refractivity contribution in [1.82, 2.24) is 5.32 Å². The summed E-state index contributed by atoms with van der Waals surface area (Å²) in [5, 5.41) is 2.37. The second kappa shape index (κ2) is 4.25. The minimum absolute atomic E-state index is 0.141. The van der Waals surface area contributed by atoms with Gasteiger partial charge in [-0.1, -0.05) is 12.1 Å². The van der Waals surface area contributed by atoms with Gasteiger partial charge < -0.3 is 11.1 Å². The van der Waals surface area contributed by atoms with E-state index in [1.165, 1.54) is 0 Å². The highest BCUT2D eigenvalue weighted by atomic mass is 16.2. The van der Waals surface area contributed by atoms with Crippen LogP contribution in [0.15, 0.2) is 24.3 Å². The van der Waals surface area contributed by atoms with Crippen molar-refractivity contribution in [3.8, 4) is 0 Å². The maximum atomic E-state index is 11.2. The van der Waals surface area contributed by atoms with Gasteiger partial charge in [0.05, 0.1) is 6.54 Å². The van der Waals surface area contributed by atoms with Gasteiger partial charge in [-0.15, -0.1) is 0 Å². The van der Waals surface area contributed by atoms with Crippen molar-refractivity contribution in [2.75, 3.05) is 6.54 Å². The molecule has 0 bridgehead atoms. The van der Waals surface area contributed by atoms with Gasteiger partial charge in [-0.3, -0.25) is 9.59 Å². The molecule has 0 atom stereocenters. The number of hydrogen-bond acceptors (Lipinski definition) is 2. The molecule has 3 N–H and O–H groups in total. The van der Waals surface area contributed by atoms with E-state index < -0.39 is 5.91 Å². The van der Waals surface area contributed by atoms with Crippen molar-refractivity contribution in [2.45, 2.75) is 0 Å². The quantitative estimate of drug-likeness (QED) is 0.665. The Labute approximate surface area is 75.7 Å². The van der Waals surface area contributed by atoms with Crippen molar-refractivity contribution in [3.63, 3.8) is 0 Å². The number of hydrogen-bond donors (Lipinski definition) is 2. The van der Waals surface area contributed by atoms with Gasteiger partial charge in [-0.25, -0.2) is 0 Å². The number of nitrogens with one attached hydrogen (secondary N) is 1. The van der Waals surface area contributed by atoms with Gasteiger partial charge in [0.15, 0.2) is 0 Å². The van der Waals surface area contributed by atoms with E-state index in [0.717, 1.165) is 0 Å². The molecule has 0 aliphatic carbocycles. The van der Waals surface area contributed by atoms with Crippen molar-refractivity contribution < 1.29 is 9.59 Å². The van der Waals surface area contributed by atoms with E-state index in [1.807, 2.05) is 0 Å². The molecule has 1 rings (SSSR count). The average molecular weight is 177 g/mol. The topological polar surface area (TPSA) is 72.2 Å². The molecule has 0 heterocycles. The monoisotopic (exact) mass is 177 g/mol. The molecule has 13 heavy (non-hydrogen) atoms. The molecule has 0 saturated carbocycles. The first kappa shape index (κ1) is 9.25. The number of carbonyl (C=O) groups excluding carboxylic acids is 2. The van der Waals surface area contributed by atoms with Crippen LogP contribution < -0.4 is 11.1 Å². The number of benzene rings is 1. The number of nitrogens with two attached hydrogens (primary N) is 1. The summed E-state index contributed by atoms with van der Waals surface area (Å²) in [6, 6.07) is 9.24. The molecule has 1 aromatic rings. The van der Waals surface area contributed by atoms with Crippen LogP contribution in [-0.4, -0.2) is 18.4 Å². The second-order valence-electron chi connectivity index (χ2n) is 2.44. The Bertz CT molecular complexity index is 309. The molecule has 0 spiro atoms. The van der Waals surface area contributed by atoms with Gasteiger partial charge in [0.2, 0.25) is 5.91 Å². The molecule has 0 fully saturated rings. The van der Waals surface area contributed by atoms with Gasteiger partial charge >= 0.3 is 0 Å². The van der Waals surface area contributed by atoms with Crippen LogP contribution in [0, 0.1) is 6.07 Å². The van der Waals surface area contributed by atoms with E-state index in [4.69, 9.17) is 5.73 Å². The summed E-state index contributed by atoms with van der Waals surface area (Å²) in [6.07, 6.45) is 0. The summed E-state index contributed by atoms with van der Waals surface area (Å²) >= 11 is 0. The molecular weight excluding hydrogens is 168 g/mol. The number of amides is 2. The molecule has 1 radical (unpaired) electrons. The third-order valence-corrected chi connectivity index (χ3v) is 1.40. The fourth-order valence-corrected chi connectivity index (χ4v) is 0.808.